The molecule has 0 saturated carbocycles. The number of hydrogen-bond acceptors (Lipinski definition) is 3. The highest BCUT2D eigenvalue weighted by Crippen LogP contribution is 2.28. The topological polar surface area (TPSA) is 67.4 Å². The van der Waals surface area contributed by atoms with Crippen LogP contribution in [0.15, 0.2) is 42.5 Å². The first-order valence-electron chi connectivity index (χ1n) is 7.77. The van der Waals surface area contributed by atoms with Crippen molar-refractivity contribution in [1.29, 1.82) is 0 Å². The molecular formula is C19H21ClN2O3. The quantitative estimate of drug-likeness (QED) is 0.861. The number of hydrogen-bond donors (Lipinski definition) is 2. The molecule has 6 heteroatoms. The summed E-state index contributed by atoms with van der Waals surface area (Å²) in [6.07, 6.45) is 0. The van der Waals surface area contributed by atoms with Gasteiger partial charge in [-0.25, -0.2) is 0 Å². The van der Waals surface area contributed by atoms with Crippen LogP contribution < -0.4 is 15.4 Å². The lowest BCUT2D eigenvalue weighted by atomic mass is 10.1. The Balaban J connectivity index is 2.22. The lowest BCUT2D eigenvalue weighted by Gasteiger charge is -2.20. The zero-order valence-electron chi connectivity index (χ0n) is 14.6. The molecule has 0 aliphatic carbocycles. The number of ether oxygens (including phenoxy) is 1. The van der Waals surface area contributed by atoms with Gasteiger partial charge in [-0.05, 0) is 57.2 Å². The summed E-state index contributed by atoms with van der Waals surface area (Å²) in [7, 11) is 1.51. The van der Waals surface area contributed by atoms with Crippen molar-refractivity contribution in [3.05, 3.63) is 58.6 Å². The van der Waals surface area contributed by atoms with Gasteiger partial charge in [-0.15, -0.1) is 0 Å². The maximum atomic E-state index is 12.5. The van der Waals surface area contributed by atoms with Gasteiger partial charge in [-0.3, -0.25) is 9.59 Å². The van der Waals surface area contributed by atoms with E-state index >= 15 is 0 Å². The smallest absolute Gasteiger partial charge is 0.255 e. The summed E-state index contributed by atoms with van der Waals surface area (Å²) in [6, 6.07) is 11.5. The van der Waals surface area contributed by atoms with E-state index in [2.05, 4.69) is 10.6 Å². The minimum absolute atomic E-state index is 0.234. The van der Waals surface area contributed by atoms with Crippen molar-refractivity contribution in [2.45, 2.75) is 26.3 Å². The van der Waals surface area contributed by atoms with Crippen LogP contribution in [0.25, 0.3) is 0 Å². The number of amides is 2. The number of carbonyl (C=O) groups excluding carboxylic acids is 2. The van der Waals surface area contributed by atoms with Crippen LogP contribution in [0.1, 0.15) is 41.5 Å². The van der Waals surface area contributed by atoms with Crippen molar-refractivity contribution < 1.29 is 14.3 Å². The van der Waals surface area contributed by atoms with E-state index in [0.717, 1.165) is 0 Å². The third kappa shape index (κ3) is 5.22. The summed E-state index contributed by atoms with van der Waals surface area (Å²) < 4.78 is 5.22. The Kier molecular flexibility index (Phi) is 5.69. The van der Waals surface area contributed by atoms with Gasteiger partial charge in [0, 0.05) is 21.7 Å². The molecule has 0 aliphatic rings. The lowest BCUT2D eigenvalue weighted by Crippen LogP contribution is -2.40. The predicted molar refractivity (Wildman–Crippen MR) is 99.6 cm³/mol. The summed E-state index contributed by atoms with van der Waals surface area (Å²) in [5.41, 5.74) is 0.887. The number of carbonyl (C=O) groups is 2. The van der Waals surface area contributed by atoms with Gasteiger partial charge in [0.1, 0.15) is 5.75 Å². The Hall–Kier alpha value is -2.53. The Morgan fingerprint density at radius 3 is 2.24 bits per heavy atom. The van der Waals surface area contributed by atoms with E-state index in [1.165, 1.54) is 7.11 Å². The van der Waals surface area contributed by atoms with Gasteiger partial charge in [-0.1, -0.05) is 17.7 Å². The molecular weight excluding hydrogens is 340 g/mol. The van der Waals surface area contributed by atoms with E-state index < -0.39 is 0 Å². The van der Waals surface area contributed by atoms with Crippen LogP contribution in [0, 0.1) is 0 Å². The van der Waals surface area contributed by atoms with Crippen LogP contribution in [-0.4, -0.2) is 24.5 Å². The first-order chi connectivity index (χ1) is 11.7. The molecule has 0 atom stereocenters. The predicted octanol–water partition coefficient (Wildman–Crippen LogP) is 4.13. The van der Waals surface area contributed by atoms with Crippen molar-refractivity contribution in [3.63, 3.8) is 0 Å². The van der Waals surface area contributed by atoms with Gasteiger partial charge < -0.3 is 15.4 Å². The zero-order valence-corrected chi connectivity index (χ0v) is 15.4. The molecule has 0 heterocycles. The molecule has 2 amide bonds. The van der Waals surface area contributed by atoms with Crippen molar-refractivity contribution in [2.24, 2.45) is 0 Å². The second-order valence-electron chi connectivity index (χ2n) is 6.58. The first-order valence-corrected chi connectivity index (χ1v) is 8.15. The minimum atomic E-state index is -0.358. The molecule has 5 nitrogen and oxygen atoms in total. The summed E-state index contributed by atoms with van der Waals surface area (Å²) in [6.45, 7) is 5.69. The second-order valence-corrected chi connectivity index (χ2v) is 7.02. The van der Waals surface area contributed by atoms with Crippen LogP contribution >= 0.6 is 11.6 Å². The Morgan fingerprint density at radius 1 is 1.00 bits per heavy atom. The van der Waals surface area contributed by atoms with E-state index in [9.17, 15) is 9.59 Å². The monoisotopic (exact) mass is 360 g/mol. The molecule has 0 aromatic heterocycles. The van der Waals surface area contributed by atoms with Crippen LogP contribution in [0.3, 0.4) is 0 Å². The third-order valence-electron chi connectivity index (χ3n) is 3.29. The molecule has 2 aromatic carbocycles. The fraction of sp³-hybridized carbons (Fsp3) is 0.263. The maximum Gasteiger partial charge on any atom is 0.255 e. The van der Waals surface area contributed by atoms with Gasteiger partial charge in [0.05, 0.1) is 12.8 Å². The molecule has 0 saturated heterocycles. The number of methoxy groups -OCH3 is 1. The first kappa shape index (κ1) is 18.8. The second kappa shape index (κ2) is 7.57. The minimum Gasteiger partial charge on any atom is -0.495 e. The molecule has 0 unspecified atom stereocenters. The summed E-state index contributed by atoms with van der Waals surface area (Å²) >= 11 is 5.97. The molecule has 0 fully saturated rings. The largest absolute Gasteiger partial charge is 0.495 e. The zero-order chi connectivity index (χ0) is 18.6. The number of nitrogens with one attached hydrogen (secondary N) is 2. The Morgan fingerprint density at radius 2 is 1.64 bits per heavy atom. The Bertz CT molecular complexity index is 797. The lowest BCUT2D eigenvalue weighted by molar-refractivity contribution is 0.0919. The van der Waals surface area contributed by atoms with Crippen molar-refractivity contribution in [2.75, 3.05) is 12.4 Å². The van der Waals surface area contributed by atoms with Gasteiger partial charge >= 0.3 is 0 Å². The maximum absolute atomic E-state index is 12.5. The molecule has 0 aliphatic heterocycles. The average molecular weight is 361 g/mol. The fourth-order valence-electron chi connectivity index (χ4n) is 2.19. The highest BCUT2D eigenvalue weighted by Gasteiger charge is 2.17. The number of halogens is 1. The third-order valence-corrected chi connectivity index (χ3v) is 3.52. The van der Waals surface area contributed by atoms with Crippen molar-refractivity contribution in [1.82, 2.24) is 5.32 Å². The molecule has 2 aromatic rings. The van der Waals surface area contributed by atoms with Crippen molar-refractivity contribution in [3.8, 4) is 5.75 Å². The van der Waals surface area contributed by atoms with E-state index in [-0.39, 0.29) is 17.4 Å². The van der Waals surface area contributed by atoms with Crippen molar-refractivity contribution >= 4 is 29.1 Å². The van der Waals surface area contributed by atoms with Crippen LogP contribution in [0.2, 0.25) is 5.02 Å². The fourth-order valence-corrected chi connectivity index (χ4v) is 2.36. The Labute approximate surface area is 152 Å². The van der Waals surface area contributed by atoms with Gasteiger partial charge in [0.15, 0.2) is 0 Å². The summed E-state index contributed by atoms with van der Waals surface area (Å²) in [5, 5.41) is 6.10. The number of anilines is 1. The van der Waals surface area contributed by atoms with E-state index in [1.807, 2.05) is 20.8 Å². The standard InChI is InChI=1S/C19H21ClN2O3/c1-19(2,3)22-18(24)13-7-5-6-12(10-13)17(23)21-15-11-14(20)8-9-16(15)25-4/h5-11H,1-4H3,(H,21,23)(H,22,24). The van der Waals surface area contributed by atoms with E-state index in [0.29, 0.717) is 27.6 Å². The summed E-state index contributed by atoms with van der Waals surface area (Å²) in [4.78, 5) is 24.8. The molecule has 132 valence electrons. The van der Waals surface area contributed by atoms with Crippen LogP contribution in [-0.2, 0) is 0 Å². The number of benzene rings is 2. The molecule has 0 spiro atoms. The highest BCUT2D eigenvalue weighted by atomic mass is 35.5. The van der Waals surface area contributed by atoms with E-state index in [1.54, 1.807) is 42.5 Å². The van der Waals surface area contributed by atoms with Gasteiger partial charge in [0.2, 0.25) is 0 Å². The molecule has 0 bridgehead atoms. The SMILES string of the molecule is COc1ccc(Cl)cc1NC(=O)c1cccc(C(=O)NC(C)(C)C)c1. The molecule has 0 radical (unpaired) electrons. The van der Waals surface area contributed by atoms with Gasteiger partial charge in [-0.2, -0.15) is 0 Å². The normalized spacial score (nSPS) is 10.9. The summed E-state index contributed by atoms with van der Waals surface area (Å²) in [5.74, 6) is -0.0900. The average Bonchev–Trinajstić information content (AvgIpc) is 2.53. The van der Waals surface area contributed by atoms with Gasteiger partial charge in [0.25, 0.3) is 11.8 Å². The van der Waals surface area contributed by atoms with E-state index in [4.69, 9.17) is 16.3 Å². The number of rotatable bonds is 4. The molecule has 25 heavy (non-hydrogen) atoms. The molecule has 2 N–H and O–H groups in total. The van der Waals surface area contributed by atoms with Crippen LogP contribution in [0.5, 0.6) is 5.75 Å². The highest BCUT2D eigenvalue weighted by molar-refractivity contribution is 6.31. The van der Waals surface area contributed by atoms with Crippen LogP contribution in [0.4, 0.5) is 5.69 Å². The molecule has 2 rings (SSSR count).